The van der Waals surface area contributed by atoms with Gasteiger partial charge in [0.2, 0.25) is 5.91 Å². The summed E-state index contributed by atoms with van der Waals surface area (Å²) in [4.78, 5) is 14.9. The minimum atomic E-state index is -0.280. The minimum absolute atomic E-state index is 0.0401. The summed E-state index contributed by atoms with van der Waals surface area (Å²) in [6.07, 6.45) is -0.0546. The third kappa shape index (κ3) is 5.15. The maximum Gasteiger partial charge on any atom is 0.237 e. The number of carbonyl (C=O) groups is 1. The fourth-order valence-electron chi connectivity index (χ4n) is 3.26. The van der Waals surface area contributed by atoms with E-state index in [1.165, 1.54) is 12.1 Å². The summed E-state index contributed by atoms with van der Waals surface area (Å²) in [6, 6.07) is 13.8. The molecule has 27 heavy (non-hydrogen) atoms. The smallest absolute Gasteiger partial charge is 0.237 e. The van der Waals surface area contributed by atoms with Crippen molar-refractivity contribution in [3.63, 3.8) is 0 Å². The van der Waals surface area contributed by atoms with E-state index in [0.717, 1.165) is 15.6 Å². The monoisotopic (exact) mass is 434 g/mol. The van der Waals surface area contributed by atoms with Gasteiger partial charge >= 0.3 is 0 Å². The molecule has 1 N–H and O–H groups in total. The van der Waals surface area contributed by atoms with Crippen LogP contribution in [0.15, 0.2) is 53.0 Å². The molecule has 0 saturated carbocycles. The van der Waals surface area contributed by atoms with Crippen LogP contribution in [0.3, 0.4) is 0 Å². The largest absolute Gasteiger partial charge is 0.371 e. The van der Waals surface area contributed by atoms with Gasteiger partial charge in [0.25, 0.3) is 0 Å². The van der Waals surface area contributed by atoms with Gasteiger partial charge in [0, 0.05) is 17.6 Å². The summed E-state index contributed by atoms with van der Waals surface area (Å²) < 4.78 is 20.0. The van der Waals surface area contributed by atoms with E-state index < -0.39 is 0 Å². The predicted octanol–water partition coefficient (Wildman–Crippen LogP) is 4.23. The highest BCUT2D eigenvalue weighted by molar-refractivity contribution is 9.10. The molecule has 3 atom stereocenters. The van der Waals surface area contributed by atoms with Gasteiger partial charge in [0.1, 0.15) is 5.82 Å². The quantitative estimate of drug-likeness (QED) is 0.765. The van der Waals surface area contributed by atoms with Gasteiger partial charge in [-0.05, 0) is 49.2 Å². The molecule has 0 spiro atoms. The maximum atomic E-state index is 13.1. The highest BCUT2D eigenvalue weighted by Crippen LogP contribution is 2.26. The van der Waals surface area contributed by atoms with Crippen molar-refractivity contribution in [3.8, 4) is 0 Å². The maximum absolute atomic E-state index is 13.1. The molecule has 1 amide bonds. The lowest BCUT2D eigenvalue weighted by atomic mass is 10.1. The molecule has 2 aromatic carbocycles. The third-order valence-electron chi connectivity index (χ3n) is 4.97. The Bertz CT molecular complexity index is 784. The molecule has 0 aliphatic carbocycles. The molecular formula is C21H24BrFN2O2. The number of hydrogen-bond donors (Lipinski definition) is 1. The molecule has 4 nitrogen and oxygen atoms in total. The highest BCUT2D eigenvalue weighted by Gasteiger charge is 2.29. The number of nitrogens with zero attached hydrogens (tertiary/aromatic N) is 1. The van der Waals surface area contributed by atoms with E-state index in [0.29, 0.717) is 19.7 Å². The zero-order valence-corrected chi connectivity index (χ0v) is 17.1. The molecule has 0 bridgehead atoms. The summed E-state index contributed by atoms with van der Waals surface area (Å²) >= 11 is 3.49. The van der Waals surface area contributed by atoms with Gasteiger partial charge in [-0.2, -0.15) is 0 Å². The standard InChI is InChI=1S/C21H24BrFN2O2/c1-14(16-6-8-19(23)9-7-16)24-21(26)15(2)25-10-11-27-20(13-25)17-4-3-5-18(22)12-17/h3-9,12,14-15,20H,10-11,13H2,1-2H3,(H,24,26). The second kappa shape index (κ2) is 8.95. The summed E-state index contributed by atoms with van der Waals surface area (Å²) in [5.74, 6) is -0.320. The normalized spacial score (nSPS) is 20.1. The Labute approximate surface area is 167 Å². The predicted molar refractivity (Wildman–Crippen MR) is 107 cm³/mol. The fraction of sp³-hybridized carbons (Fsp3) is 0.381. The Morgan fingerprint density at radius 2 is 2.00 bits per heavy atom. The van der Waals surface area contributed by atoms with Crippen LogP contribution in [-0.4, -0.2) is 36.5 Å². The first-order valence-corrected chi connectivity index (χ1v) is 9.90. The average Bonchev–Trinajstić information content (AvgIpc) is 2.68. The number of halogens is 2. The molecular weight excluding hydrogens is 411 g/mol. The van der Waals surface area contributed by atoms with Gasteiger partial charge in [-0.25, -0.2) is 4.39 Å². The zero-order chi connectivity index (χ0) is 19.4. The van der Waals surface area contributed by atoms with Crippen LogP contribution < -0.4 is 5.32 Å². The first-order chi connectivity index (χ1) is 12.9. The van der Waals surface area contributed by atoms with E-state index >= 15 is 0 Å². The molecule has 1 aliphatic heterocycles. The van der Waals surface area contributed by atoms with Crippen molar-refractivity contribution in [2.45, 2.75) is 32.0 Å². The van der Waals surface area contributed by atoms with E-state index in [1.54, 1.807) is 12.1 Å². The van der Waals surface area contributed by atoms with Crippen LogP contribution in [0.5, 0.6) is 0 Å². The van der Waals surface area contributed by atoms with E-state index in [9.17, 15) is 9.18 Å². The molecule has 1 heterocycles. The van der Waals surface area contributed by atoms with Crippen LogP contribution in [0.4, 0.5) is 4.39 Å². The number of morpholine rings is 1. The second-order valence-electron chi connectivity index (χ2n) is 6.87. The Hall–Kier alpha value is -1.76. The summed E-state index contributed by atoms with van der Waals surface area (Å²) in [5.41, 5.74) is 1.98. The number of hydrogen-bond acceptors (Lipinski definition) is 3. The fourth-order valence-corrected chi connectivity index (χ4v) is 3.68. The molecule has 0 aromatic heterocycles. The van der Waals surface area contributed by atoms with Crippen LogP contribution in [0, 0.1) is 5.82 Å². The van der Waals surface area contributed by atoms with Crippen molar-refractivity contribution in [1.82, 2.24) is 10.2 Å². The lowest BCUT2D eigenvalue weighted by Gasteiger charge is -2.36. The number of carbonyl (C=O) groups excluding carboxylic acids is 1. The van der Waals surface area contributed by atoms with E-state index in [1.807, 2.05) is 32.0 Å². The first-order valence-electron chi connectivity index (χ1n) is 9.11. The van der Waals surface area contributed by atoms with Gasteiger partial charge in [0.15, 0.2) is 0 Å². The Morgan fingerprint density at radius 1 is 1.26 bits per heavy atom. The topological polar surface area (TPSA) is 41.6 Å². The number of nitrogens with one attached hydrogen (secondary N) is 1. The van der Waals surface area contributed by atoms with Crippen LogP contribution in [-0.2, 0) is 9.53 Å². The van der Waals surface area contributed by atoms with Crippen LogP contribution in [0.2, 0.25) is 0 Å². The molecule has 144 valence electrons. The molecule has 3 rings (SSSR count). The molecule has 3 unspecified atom stereocenters. The molecule has 1 fully saturated rings. The lowest BCUT2D eigenvalue weighted by Crippen LogP contribution is -2.50. The third-order valence-corrected chi connectivity index (χ3v) is 5.47. The average molecular weight is 435 g/mol. The SMILES string of the molecule is CC(NC(=O)C(C)N1CCOC(c2cccc(Br)c2)C1)c1ccc(F)cc1. The summed E-state index contributed by atoms with van der Waals surface area (Å²) in [5, 5.41) is 3.03. The molecule has 2 aromatic rings. The molecule has 0 radical (unpaired) electrons. The van der Waals surface area contributed by atoms with Crippen molar-refractivity contribution in [1.29, 1.82) is 0 Å². The van der Waals surface area contributed by atoms with Crippen LogP contribution in [0.25, 0.3) is 0 Å². The summed E-state index contributed by atoms with van der Waals surface area (Å²) in [7, 11) is 0. The van der Waals surface area contributed by atoms with Crippen molar-refractivity contribution in [2.75, 3.05) is 19.7 Å². The van der Waals surface area contributed by atoms with E-state index in [2.05, 4.69) is 32.2 Å². The van der Waals surface area contributed by atoms with Crippen molar-refractivity contribution in [2.24, 2.45) is 0 Å². The Kier molecular flexibility index (Phi) is 6.63. The zero-order valence-electron chi connectivity index (χ0n) is 15.5. The molecule has 1 aliphatic rings. The van der Waals surface area contributed by atoms with Gasteiger partial charge in [0.05, 0.1) is 24.8 Å². The number of amides is 1. The first kappa shape index (κ1) is 20.0. The van der Waals surface area contributed by atoms with Crippen molar-refractivity contribution >= 4 is 21.8 Å². The van der Waals surface area contributed by atoms with Gasteiger partial charge in [-0.3, -0.25) is 9.69 Å². The van der Waals surface area contributed by atoms with Gasteiger partial charge in [-0.1, -0.05) is 40.2 Å². The molecule has 1 saturated heterocycles. The number of benzene rings is 2. The highest BCUT2D eigenvalue weighted by atomic mass is 79.9. The van der Waals surface area contributed by atoms with Crippen molar-refractivity contribution in [3.05, 3.63) is 69.9 Å². The Morgan fingerprint density at radius 3 is 2.70 bits per heavy atom. The van der Waals surface area contributed by atoms with E-state index in [-0.39, 0.29) is 29.9 Å². The van der Waals surface area contributed by atoms with E-state index in [4.69, 9.17) is 4.74 Å². The van der Waals surface area contributed by atoms with Crippen molar-refractivity contribution < 1.29 is 13.9 Å². The van der Waals surface area contributed by atoms with Crippen LogP contribution >= 0.6 is 15.9 Å². The number of rotatable bonds is 5. The van der Waals surface area contributed by atoms with Gasteiger partial charge < -0.3 is 10.1 Å². The Balaban J connectivity index is 1.61. The second-order valence-corrected chi connectivity index (χ2v) is 7.78. The van der Waals surface area contributed by atoms with Crippen LogP contribution in [0.1, 0.15) is 37.1 Å². The lowest BCUT2D eigenvalue weighted by molar-refractivity contribution is -0.130. The minimum Gasteiger partial charge on any atom is -0.371 e. The molecule has 6 heteroatoms. The summed E-state index contributed by atoms with van der Waals surface area (Å²) in [6.45, 7) is 5.78. The number of ether oxygens (including phenoxy) is 1. The van der Waals surface area contributed by atoms with Gasteiger partial charge in [-0.15, -0.1) is 0 Å².